The molecule has 0 aromatic heterocycles. The van der Waals surface area contributed by atoms with Crippen LogP contribution >= 0.6 is 11.6 Å². The third-order valence-electron chi connectivity index (χ3n) is 5.45. The zero-order valence-corrected chi connectivity index (χ0v) is 16.9. The Hall–Kier alpha value is -2.05. The van der Waals surface area contributed by atoms with E-state index in [0.29, 0.717) is 0 Å². The minimum absolute atomic E-state index is 0.0738. The van der Waals surface area contributed by atoms with Crippen LogP contribution in [0.2, 0.25) is 5.02 Å². The summed E-state index contributed by atoms with van der Waals surface area (Å²) in [5.41, 5.74) is -0.244. The van der Waals surface area contributed by atoms with Crippen LogP contribution in [0.1, 0.15) is 53.7 Å². The van der Waals surface area contributed by atoms with Gasteiger partial charge in [0.1, 0.15) is 0 Å². The standard InChI is InChI=1S/C22H24ClF3N2O/c1-2-28-14-7-6-13-18(28)20(15-9-4-3-5-10-15)27-21(29)16-11-8-12-17(19(16)23)22(24,25)26/h3-5,8-12,18,20H,2,6-7,13-14H2,1H3,(H,27,29). The highest BCUT2D eigenvalue weighted by Gasteiger charge is 2.36. The average Bonchev–Trinajstić information content (AvgIpc) is 2.71. The van der Waals surface area contributed by atoms with Crippen LogP contribution in [0.3, 0.4) is 0 Å². The predicted octanol–water partition coefficient (Wildman–Crippen LogP) is 5.70. The van der Waals surface area contributed by atoms with E-state index in [1.807, 2.05) is 30.3 Å². The molecule has 1 aliphatic heterocycles. The monoisotopic (exact) mass is 424 g/mol. The third kappa shape index (κ3) is 4.93. The molecule has 2 aromatic rings. The molecule has 3 rings (SSSR count). The number of benzene rings is 2. The largest absolute Gasteiger partial charge is 0.417 e. The molecule has 0 spiro atoms. The van der Waals surface area contributed by atoms with Crippen molar-refractivity contribution in [1.82, 2.24) is 10.2 Å². The fourth-order valence-electron chi connectivity index (χ4n) is 3.99. The van der Waals surface area contributed by atoms with Gasteiger partial charge in [0.2, 0.25) is 0 Å². The van der Waals surface area contributed by atoms with Crippen LogP contribution in [0.25, 0.3) is 0 Å². The van der Waals surface area contributed by atoms with Gasteiger partial charge in [0.25, 0.3) is 5.91 Å². The van der Waals surface area contributed by atoms with E-state index in [1.54, 1.807) is 0 Å². The number of likely N-dealkylation sites (tertiary alicyclic amines) is 1. The highest BCUT2D eigenvalue weighted by molar-refractivity contribution is 6.34. The summed E-state index contributed by atoms with van der Waals surface area (Å²) in [4.78, 5) is 15.3. The lowest BCUT2D eigenvalue weighted by atomic mass is 9.90. The second kappa shape index (κ2) is 9.18. The van der Waals surface area contributed by atoms with Crippen LogP contribution in [-0.4, -0.2) is 29.9 Å². The fourth-order valence-corrected chi connectivity index (χ4v) is 4.31. The average molecular weight is 425 g/mol. The van der Waals surface area contributed by atoms with Crippen molar-refractivity contribution < 1.29 is 18.0 Å². The Labute approximate surface area is 173 Å². The van der Waals surface area contributed by atoms with Crippen LogP contribution < -0.4 is 5.32 Å². The maximum Gasteiger partial charge on any atom is 0.417 e. The minimum Gasteiger partial charge on any atom is -0.344 e. The van der Waals surface area contributed by atoms with Crippen molar-refractivity contribution >= 4 is 17.5 Å². The maximum atomic E-state index is 13.2. The van der Waals surface area contributed by atoms with E-state index in [2.05, 4.69) is 17.1 Å². The highest BCUT2D eigenvalue weighted by atomic mass is 35.5. The molecular weight excluding hydrogens is 401 g/mol. The first-order valence-electron chi connectivity index (χ1n) is 9.78. The molecule has 7 heteroatoms. The zero-order valence-electron chi connectivity index (χ0n) is 16.2. The third-order valence-corrected chi connectivity index (χ3v) is 5.86. The van der Waals surface area contributed by atoms with E-state index in [9.17, 15) is 18.0 Å². The molecule has 1 fully saturated rings. The van der Waals surface area contributed by atoms with Crippen LogP contribution in [0, 0.1) is 0 Å². The van der Waals surface area contributed by atoms with Crippen LogP contribution in [0.5, 0.6) is 0 Å². The number of nitrogens with one attached hydrogen (secondary N) is 1. The summed E-state index contributed by atoms with van der Waals surface area (Å²) in [5, 5.41) is 2.40. The maximum absolute atomic E-state index is 13.2. The molecule has 2 unspecified atom stereocenters. The molecule has 29 heavy (non-hydrogen) atoms. The van der Waals surface area contributed by atoms with Gasteiger partial charge in [-0.15, -0.1) is 0 Å². The van der Waals surface area contributed by atoms with Crippen molar-refractivity contribution in [2.24, 2.45) is 0 Å². The Morgan fingerprint density at radius 1 is 1.17 bits per heavy atom. The van der Waals surface area contributed by atoms with Crippen LogP contribution in [0.4, 0.5) is 13.2 Å². The molecule has 1 aliphatic rings. The van der Waals surface area contributed by atoms with Crippen molar-refractivity contribution in [3.63, 3.8) is 0 Å². The quantitative estimate of drug-likeness (QED) is 0.667. The summed E-state index contributed by atoms with van der Waals surface area (Å²) >= 11 is 5.97. The summed E-state index contributed by atoms with van der Waals surface area (Å²) in [6, 6.07) is 12.7. The number of hydrogen-bond donors (Lipinski definition) is 1. The lowest BCUT2D eigenvalue weighted by Gasteiger charge is -2.40. The van der Waals surface area contributed by atoms with Crippen molar-refractivity contribution in [3.8, 4) is 0 Å². The smallest absolute Gasteiger partial charge is 0.344 e. The van der Waals surface area contributed by atoms with Crippen LogP contribution in [-0.2, 0) is 6.18 Å². The fraction of sp³-hybridized carbons (Fsp3) is 0.409. The molecule has 0 bridgehead atoms. The first-order valence-corrected chi connectivity index (χ1v) is 10.2. The van der Waals surface area contributed by atoms with Crippen molar-refractivity contribution in [2.75, 3.05) is 13.1 Å². The number of carbonyl (C=O) groups is 1. The van der Waals surface area contributed by atoms with E-state index in [-0.39, 0.29) is 17.6 Å². The van der Waals surface area contributed by atoms with E-state index in [1.165, 1.54) is 12.1 Å². The van der Waals surface area contributed by atoms with E-state index in [0.717, 1.165) is 44.0 Å². The number of nitrogens with zero attached hydrogens (tertiary/aromatic N) is 1. The van der Waals surface area contributed by atoms with Gasteiger partial charge in [0.05, 0.1) is 22.2 Å². The molecule has 1 saturated heterocycles. The van der Waals surface area contributed by atoms with Gasteiger partial charge >= 0.3 is 6.18 Å². The van der Waals surface area contributed by atoms with Gasteiger partial charge in [-0.05, 0) is 43.6 Å². The lowest BCUT2D eigenvalue weighted by Crippen LogP contribution is -2.48. The van der Waals surface area contributed by atoms with Gasteiger partial charge in [-0.3, -0.25) is 9.69 Å². The second-order valence-electron chi connectivity index (χ2n) is 7.22. The second-order valence-corrected chi connectivity index (χ2v) is 7.60. The van der Waals surface area contributed by atoms with Crippen molar-refractivity contribution in [1.29, 1.82) is 0 Å². The Balaban J connectivity index is 1.93. The van der Waals surface area contributed by atoms with Gasteiger partial charge in [-0.2, -0.15) is 13.2 Å². The number of hydrogen-bond acceptors (Lipinski definition) is 2. The first-order chi connectivity index (χ1) is 13.8. The molecule has 1 N–H and O–H groups in total. The van der Waals surface area contributed by atoms with Gasteiger partial charge in [0, 0.05) is 6.04 Å². The lowest BCUT2D eigenvalue weighted by molar-refractivity contribution is -0.137. The van der Waals surface area contributed by atoms with Gasteiger partial charge in [-0.25, -0.2) is 0 Å². The molecule has 1 amide bonds. The highest BCUT2D eigenvalue weighted by Crippen LogP contribution is 2.36. The van der Waals surface area contributed by atoms with E-state index >= 15 is 0 Å². The topological polar surface area (TPSA) is 32.3 Å². The van der Waals surface area contributed by atoms with Gasteiger partial charge in [-0.1, -0.05) is 61.3 Å². The molecule has 2 atom stereocenters. The van der Waals surface area contributed by atoms with Crippen molar-refractivity contribution in [2.45, 2.75) is 44.4 Å². The summed E-state index contributed by atoms with van der Waals surface area (Å²) in [6.07, 6.45) is -1.57. The van der Waals surface area contributed by atoms with E-state index in [4.69, 9.17) is 11.6 Å². The number of rotatable bonds is 5. The molecule has 2 aromatic carbocycles. The summed E-state index contributed by atoms with van der Waals surface area (Å²) in [5.74, 6) is -0.600. The predicted molar refractivity (Wildman–Crippen MR) is 108 cm³/mol. The molecule has 156 valence electrons. The number of amides is 1. The van der Waals surface area contributed by atoms with E-state index < -0.39 is 22.7 Å². The number of halogens is 4. The van der Waals surface area contributed by atoms with Gasteiger partial charge < -0.3 is 5.32 Å². The number of piperidine rings is 1. The zero-order chi connectivity index (χ0) is 21.0. The summed E-state index contributed by atoms with van der Waals surface area (Å²) in [6.45, 7) is 3.85. The normalized spacial score (nSPS) is 19.0. The molecular formula is C22H24ClF3N2O. The Bertz CT molecular complexity index is 842. The molecule has 0 radical (unpaired) electrons. The first kappa shape index (κ1) is 21.7. The molecule has 0 aliphatic carbocycles. The summed E-state index contributed by atoms with van der Waals surface area (Å²) in [7, 11) is 0. The van der Waals surface area contributed by atoms with Crippen LogP contribution in [0.15, 0.2) is 48.5 Å². The number of likely N-dealkylation sites (N-methyl/N-ethyl adjacent to an activating group) is 1. The molecule has 0 saturated carbocycles. The minimum atomic E-state index is -4.62. The number of carbonyl (C=O) groups excluding carboxylic acids is 1. The van der Waals surface area contributed by atoms with Gasteiger partial charge in [0.15, 0.2) is 0 Å². The summed E-state index contributed by atoms with van der Waals surface area (Å²) < 4.78 is 39.6. The molecule has 3 nitrogen and oxygen atoms in total. The SMILES string of the molecule is CCN1CCCCC1C(NC(=O)c1cccc(C(F)(F)F)c1Cl)c1ccccc1. The molecule has 1 heterocycles. The Kier molecular flexibility index (Phi) is 6.85. The Morgan fingerprint density at radius 2 is 1.90 bits per heavy atom. The van der Waals surface area contributed by atoms with Crippen molar-refractivity contribution in [3.05, 3.63) is 70.2 Å². The number of alkyl halides is 3. The Morgan fingerprint density at radius 3 is 2.55 bits per heavy atom.